The van der Waals surface area contributed by atoms with Crippen molar-refractivity contribution >= 4 is 35.0 Å². The van der Waals surface area contributed by atoms with Gasteiger partial charge in [-0.2, -0.15) is 0 Å². The molecule has 0 aliphatic heterocycles. The molecule has 0 aliphatic rings. The van der Waals surface area contributed by atoms with Gasteiger partial charge in [-0.25, -0.2) is 0 Å². The monoisotopic (exact) mass is 413 g/mol. The summed E-state index contributed by atoms with van der Waals surface area (Å²) in [5.74, 6) is 1.82. The van der Waals surface area contributed by atoms with Crippen molar-refractivity contribution in [2.75, 3.05) is 19.5 Å². The second kappa shape index (κ2) is 9.53. The van der Waals surface area contributed by atoms with E-state index in [0.29, 0.717) is 22.7 Å². The predicted octanol–water partition coefficient (Wildman–Crippen LogP) is 5.90. The van der Waals surface area contributed by atoms with Gasteiger partial charge in [0.05, 0.1) is 14.2 Å². The number of thioether (sulfide) groups is 1. The van der Waals surface area contributed by atoms with Crippen LogP contribution < -0.4 is 14.8 Å². The number of carbonyl (C=O) groups is 1. The summed E-state index contributed by atoms with van der Waals surface area (Å²) in [5, 5.41) is 3.61. The summed E-state index contributed by atoms with van der Waals surface area (Å²) in [6, 6.07) is 20.6. The number of nitrogens with one attached hydrogen (secondary N) is 1. The van der Waals surface area contributed by atoms with Gasteiger partial charge in [0.15, 0.2) is 11.5 Å². The van der Waals surface area contributed by atoms with Crippen molar-refractivity contribution in [1.29, 1.82) is 0 Å². The molecule has 0 unspecified atom stereocenters. The maximum atomic E-state index is 12.5. The molecule has 1 N–H and O–H groups in total. The Morgan fingerprint density at radius 3 is 2.25 bits per heavy atom. The Hall–Kier alpha value is -2.63. The molecule has 28 heavy (non-hydrogen) atoms. The highest BCUT2D eigenvalue weighted by molar-refractivity contribution is 7.98. The number of amides is 1. The highest BCUT2D eigenvalue weighted by atomic mass is 35.5. The second-order valence-corrected chi connectivity index (χ2v) is 7.45. The Bertz CT molecular complexity index is 943. The summed E-state index contributed by atoms with van der Waals surface area (Å²) in [5.41, 5.74) is 2.38. The lowest BCUT2D eigenvalue weighted by Gasteiger charge is -2.11. The molecule has 0 saturated heterocycles. The number of anilines is 1. The van der Waals surface area contributed by atoms with E-state index in [1.807, 2.05) is 48.5 Å². The van der Waals surface area contributed by atoms with Crippen molar-refractivity contribution in [1.82, 2.24) is 0 Å². The van der Waals surface area contributed by atoms with Gasteiger partial charge in [-0.3, -0.25) is 4.79 Å². The number of carbonyl (C=O) groups excluding carboxylic acids is 1. The van der Waals surface area contributed by atoms with Crippen LogP contribution in [0.2, 0.25) is 5.02 Å². The quantitative estimate of drug-likeness (QED) is 0.490. The van der Waals surface area contributed by atoms with Crippen LogP contribution in [-0.2, 0) is 5.75 Å². The summed E-state index contributed by atoms with van der Waals surface area (Å²) in [7, 11) is 3.13. The van der Waals surface area contributed by atoms with Crippen LogP contribution in [-0.4, -0.2) is 20.1 Å². The molecule has 3 aromatic carbocycles. The van der Waals surface area contributed by atoms with Crippen LogP contribution in [0.1, 0.15) is 15.9 Å². The molecule has 1 amide bonds. The van der Waals surface area contributed by atoms with Gasteiger partial charge in [0.1, 0.15) is 0 Å². The molecule has 0 saturated carbocycles. The molecule has 0 spiro atoms. The third-order valence-corrected chi connectivity index (χ3v) is 5.41. The summed E-state index contributed by atoms with van der Waals surface area (Å²) in [6.07, 6.45) is 0. The average Bonchev–Trinajstić information content (AvgIpc) is 2.73. The van der Waals surface area contributed by atoms with Crippen molar-refractivity contribution < 1.29 is 14.3 Å². The molecular formula is C22H20ClNO3S. The zero-order chi connectivity index (χ0) is 19.9. The molecule has 0 fully saturated rings. The molecule has 3 rings (SSSR count). The first-order valence-corrected chi connectivity index (χ1v) is 9.96. The van der Waals surface area contributed by atoms with Crippen molar-refractivity contribution in [2.45, 2.75) is 10.6 Å². The number of halogens is 1. The van der Waals surface area contributed by atoms with Gasteiger partial charge in [-0.1, -0.05) is 23.7 Å². The Morgan fingerprint density at radius 2 is 1.61 bits per heavy atom. The van der Waals surface area contributed by atoms with Gasteiger partial charge in [0.25, 0.3) is 5.91 Å². The van der Waals surface area contributed by atoms with E-state index in [4.69, 9.17) is 21.1 Å². The van der Waals surface area contributed by atoms with E-state index in [9.17, 15) is 4.79 Å². The fraction of sp³-hybridized carbons (Fsp3) is 0.136. The summed E-state index contributed by atoms with van der Waals surface area (Å²) in [6.45, 7) is 0. The van der Waals surface area contributed by atoms with E-state index in [1.54, 1.807) is 44.2 Å². The molecule has 144 valence electrons. The van der Waals surface area contributed by atoms with Crippen molar-refractivity contribution in [3.63, 3.8) is 0 Å². The van der Waals surface area contributed by atoms with Crippen LogP contribution in [0.5, 0.6) is 11.5 Å². The maximum Gasteiger partial charge on any atom is 0.255 e. The molecule has 0 bridgehead atoms. The highest BCUT2D eigenvalue weighted by Crippen LogP contribution is 2.30. The van der Waals surface area contributed by atoms with Gasteiger partial charge >= 0.3 is 0 Å². The third-order valence-electron chi connectivity index (χ3n) is 4.08. The maximum absolute atomic E-state index is 12.5. The summed E-state index contributed by atoms with van der Waals surface area (Å²) < 4.78 is 10.5. The van der Waals surface area contributed by atoms with Crippen molar-refractivity contribution in [3.05, 3.63) is 82.9 Å². The smallest absolute Gasteiger partial charge is 0.255 e. The summed E-state index contributed by atoms with van der Waals surface area (Å²) in [4.78, 5) is 13.6. The lowest BCUT2D eigenvalue weighted by molar-refractivity contribution is 0.102. The third kappa shape index (κ3) is 5.21. The normalized spacial score (nSPS) is 10.4. The van der Waals surface area contributed by atoms with Gasteiger partial charge in [0, 0.05) is 33.0 Å². The standard InChI is InChI=1S/C22H20ClNO3S/c1-26-20-12-9-18(13-21(20)27-2)24-22(25)16-5-3-15(4-6-16)14-28-19-10-7-17(23)8-11-19/h3-13H,14H2,1-2H3,(H,24,25). The van der Waals surface area contributed by atoms with Gasteiger partial charge in [-0.05, 0) is 54.1 Å². The Morgan fingerprint density at radius 1 is 0.929 bits per heavy atom. The Balaban J connectivity index is 1.61. The fourth-order valence-electron chi connectivity index (χ4n) is 2.57. The van der Waals surface area contributed by atoms with E-state index in [2.05, 4.69) is 5.32 Å². The minimum Gasteiger partial charge on any atom is -0.493 e. The molecular weight excluding hydrogens is 394 g/mol. The Kier molecular flexibility index (Phi) is 6.85. The SMILES string of the molecule is COc1ccc(NC(=O)c2ccc(CSc3ccc(Cl)cc3)cc2)cc1OC. The zero-order valence-electron chi connectivity index (χ0n) is 15.6. The van der Waals surface area contributed by atoms with E-state index in [-0.39, 0.29) is 5.91 Å². The van der Waals surface area contributed by atoms with Crippen LogP contribution in [0.25, 0.3) is 0 Å². The van der Waals surface area contributed by atoms with Crippen LogP contribution in [0.4, 0.5) is 5.69 Å². The first-order valence-electron chi connectivity index (χ1n) is 8.59. The van der Waals surface area contributed by atoms with Crippen molar-refractivity contribution in [3.8, 4) is 11.5 Å². The Labute approximate surface area is 173 Å². The topological polar surface area (TPSA) is 47.6 Å². The largest absolute Gasteiger partial charge is 0.493 e. The first kappa shape index (κ1) is 20.1. The lowest BCUT2D eigenvalue weighted by Crippen LogP contribution is -2.12. The number of hydrogen-bond donors (Lipinski definition) is 1. The van der Waals surface area contributed by atoms with Gasteiger partial charge in [0.2, 0.25) is 0 Å². The number of ether oxygens (including phenoxy) is 2. The fourth-order valence-corrected chi connectivity index (χ4v) is 3.55. The minimum atomic E-state index is -0.177. The van der Waals surface area contributed by atoms with Crippen LogP contribution in [0.15, 0.2) is 71.6 Å². The van der Waals surface area contributed by atoms with Gasteiger partial charge < -0.3 is 14.8 Å². The average molecular weight is 414 g/mol. The molecule has 0 aromatic heterocycles. The molecule has 6 heteroatoms. The number of hydrogen-bond acceptors (Lipinski definition) is 4. The van der Waals surface area contributed by atoms with Crippen molar-refractivity contribution in [2.24, 2.45) is 0 Å². The molecule has 0 atom stereocenters. The zero-order valence-corrected chi connectivity index (χ0v) is 17.1. The molecule has 0 aliphatic carbocycles. The summed E-state index contributed by atoms with van der Waals surface area (Å²) >= 11 is 7.63. The molecule has 4 nitrogen and oxygen atoms in total. The van der Waals surface area contributed by atoms with Crippen LogP contribution in [0, 0.1) is 0 Å². The number of benzene rings is 3. The minimum absolute atomic E-state index is 0.177. The van der Waals surface area contributed by atoms with E-state index in [0.717, 1.165) is 21.2 Å². The number of methoxy groups -OCH3 is 2. The predicted molar refractivity (Wildman–Crippen MR) is 115 cm³/mol. The van der Waals surface area contributed by atoms with Crippen LogP contribution in [0.3, 0.4) is 0 Å². The first-order chi connectivity index (χ1) is 13.6. The van der Waals surface area contributed by atoms with E-state index >= 15 is 0 Å². The number of rotatable bonds is 7. The molecule has 0 radical (unpaired) electrons. The lowest BCUT2D eigenvalue weighted by atomic mass is 10.1. The molecule has 0 heterocycles. The highest BCUT2D eigenvalue weighted by Gasteiger charge is 2.09. The second-order valence-electron chi connectivity index (χ2n) is 5.96. The van der Waals surface area contributed by atoms with Gasteiger partial charge in [-0.15, -0.1) is 11.8 Å². The van der Waals surface area contributed by atoms with Crippen LogP contribution >= 0.6 is 23.4 Å². The van der Waals surface area contributed by atoms with E-state index in [1.165, 1.54) is 0 Å². The molecule has 3 aromatic rings. The van der Waals surface area contributed by atoms with E-state index < -0.39 is 0 Å².